The van der Waals surface area contributed by atoms with Crippen LogP contribution in [0, 0.1) is 6.92 Å². The molecule has 1 N–H and O–H groups in total. The summed E-state index contributed by atoms with van der Waals surface area (Å²) in [6, 6.07) is 5.04. The molecule has 0 bridgehead atoms. The second-order valence-electron chi connectivity index (χ2n) is 3.34. The van der Waals surface area contributed by atoms with E-state index in [9.17, 15) is 4.79 Å². The fourth-order valence-electron chi connectivity index (χ4n) is 1.24. The maximum absolute atomic E-state index is 11.9. The van der Waals surface area contributed by atoms with Gasteiger partial charge in [-0.3, -0.25) is 4.79 Å². The number of halogens is 2. The molecule has 1 aromatic heterocycles. The van der Waals surface area contributed by atoms with Crippen LogP contribution in [0.25, 0.3) is 0 Å². The van der Waals surface area contributed by atoms with Gasteiger partial charge in [0, 0.05) is 11.1 Å². The number of hydrogen-bond acceptors (Lipinski definition) is 3. The van der Waals surface area contributed by atoms with Gasteiger partial charge in [0.1, 0.15) is 0 Å². The number of para-hydroxylation sites is 1. The van der Waals surface area contributed by atoms with Gasteiger partial charge in [-0.1, -0.05) is 29.3 Å². The van der Waals surface area contributed by atoms with Gasteiger partial charge in [0.2, 0.25) is 0 Å². The molecule has 2 rings (SSSR count). The summed E-state index contributed by atoms with van der Waals surface area (Å²) in [6.45, 7) is 1.83. The van der Waals surface area contributed by atoms with Crippen LogP contribution in [0.5, 0.6) is 0 Å². The van der Waals surface area contributed by atoms with Crippen molar-refractivity contribution < 1.29 is 4.79 Å². The Balaban J connectivity index is 2.24. The lowest BCUT2D eigenvalue weighted by molar-refractivity contribution is 0.102. The number of nitrogens with one attached hydrogen (secondary N) is 1. The molecule has 0 aliphatic carbocycles. The molecule has 1 aromatic carbocycles. The summed E-state index contributed by atoms with van der Waals surface area (Å²) >= 11 is 13.2. The Bertz CT molecular complexity index is 548. The van der Waals surface area contributed by atoms with Crippen LogP contribution in [-0.2, 0) is 0 Å². The smallest absolute Gasteiger partial charge is 0.284 e. The predicted molar refractivity (Wildman–Crippen MR) is 71.3 cm³/mol. The molecule has 0 unspecified atom stereocenters. The van der Waals surface area contributed by atoms with Gasteiger partial charge < -0.3 is 5.32 Å². The Labute approximate surface area is 112 Å². The van der Waals surface area contributed by atoms with Crippen molar-refractivity contribution >= 4 is 46.1 Å². The SMILES string of the molecule is Cc1csc(C(=O)Nc2c(Cl)cccc2Cl)n1. The number of aromatic nitrogens is 1. The van der Waals surface area contributed by atoms with Gasteiger partial charge in [-0.2, -0.15) is 0 Å². The van der Waals surface area contributed by atoms with Crippen molar-refractivity contribution in [2.24, 2.45) is 0 Å². The third kappa shape index (κ3) is 2.77. The first-order chi connectivity index (χ1) is 8.08. The van der Waals surface area contributed by atoms with Gasteiger partial charge in [0.25, 0.3) is 5.91 Å². The lowest BCUT2D eigenvalue weighted by Crippen LogP contribution is -2.12. The molecule has 0 radical (unpaired) electrons. The number of aryl methyl sites for hydroxylation is 1. The monoisotopic (exact) mass is 286 g/mol. The molecule has 17 heavy (non-hydrogen) atoms. The second-order valence-corrected chi connectivity index (χ2v) is 5.02. The first-order valence-electron chi connectivity index (χ1n) is 4.75. The van der Waals surface area contributed by atoms with E-state index in [4.69, 9.17) is 23.2 Å². The molecule has 88 valence electrons. The summed E-state index contributed by atoms with van der Waals surface area (Å²) in [7, 11) is 0. The number of anilines is 1. The van der Waals surface area contributed by atoms with Crippen molar-refractivity contribution in [1.29, 1.82) is 0 Å². The summed E-state index contributed by atoms with van der Waals surface area (Å²) in [4.78, 5) is 15.9. The van der Waals surface area contributed by atoms with Gasteiger partial charge in [-0.25, -0.2) is 4.98 Å². The summed E-state index contributed by atoms with van der Waals surface area (Å²) < 4.78 is 0. The van der Waals surface area contributed by atoms with E-state index in [0.717, 1.165) is 5.69 Å². The molecular weight excluding hydrogens is 279 g/mol. The molecular formula is C11H8Cl2N2OS. The molecule has 3 nitrogen and oxygen atoms in total. The Hall–Kier alpha value is -1.10. The number of hydrogen-bond donors (Lipinski definition) is 1. The van der Waals surface area contributed by atoms with Crippen molar-refractivity contribution in [2.75, 3.05) is 5.32 Å². The van der Waals surface area contributed by atoms with Gasteiger partial charge in [-0.05, 0) is 19.1 Å². The van der Waals surface area contributed by atoms with Crippen molar-refractivity contribution in [2.45, 2.75) is 6.92 Å². The minimum absolute atomic E-state index is 0.307. The van der Waals surface area contributed by atoms with Crippen molar-refractivity contribution in [1.82, 2.24) is 4.98 Å². The third-order valence-electron chi connectivity index (χ3n) is 2.01. The number of benzene rings is 1. The molecule has 2 aromatic rings. The van der Waals surface area contributed by atoms with Gasteiger partial charge >= 0.3 is 0 Å². The number of rotatable bonds is 2. The Kier molecular flexibility index (Phi) is 3.66. The molecule has 1 heterocycles. The Morgan fingerprint density at radius 1 is 1.35 bits per heavy atom. The largest absolute Gasteiger partial charge is 0.317 e. The van der Waals surface area contributed by atoms with Gasteiger partial charge in [0.05, 0.1) is 15.7 Å². The standard InChI is InChI=1S/C11H8Cl2N2OS/c1-6-5-17-11(14-6)10(16)15-9-7(12)3-2-4-8(9)13/h2-5H,1H3,(H,15,16). The van der Waals surface area contributed by atoms with Crippen LogP contribution in [0.4, 0.5) is 5.69 Å². The van der Waals surface area contributed by atoms with E-state index >= 15 is 0 Å². The van der Waals surface area contributed by atoms with Crippen LogP contribution in [0.1, 0.15) is 15.5 Å². The van der Waals surface area contributed by atoms with Crippen molar-refractivity contribution in [3.8, 4) is 0 Å². The van der Waals surface area contributed by atoms with Crippen molar-refractivity contribution in [3.05, 3.63) is 44.3 Å². The number of amides is 1. The van der Waals surface area contributed by atoms with E-state index in [0.29, 0.717) is 20.7 Å². The van der Waals surface area contributed by atoms with Crippen LogP contribution >= 0.6 is 34.5 Å². The average molecular weight is 287 g/mol. The van der Waals surface area contributed by atoms with E-state index in [1.54, 1.807) is 18.2 Å². The zero-order valence-corrected chi connectivity index (χ0v) is 11.2. The summed E-state index contributed by atoms with van der Waals surface area (Å²) in [5, 5.41) is 5.65. The fourth-order valence-corrected chi connectivity index (χ4v) is 2.42. The zero-order valence-electron chi connectivity index (χ0n) is 8.83. The molecule has 0 fully saturated rings. The summed E-state index contributed by atoms with van der Waals surface area (Å²) in [6.07, 6.45) is 0. The van der Waals surface area contributed by atoms with Crippen LogP contribution in [0.15, 0.2) is 23.6 Å². The molecule has 0 atom stereocenters. The number of carbonyl (C=O) groups excluding carboxylic acids is 1. The van der Waals surface area contributed by atoms with Crippen LogP contribution in [-0.4, -0.2) is 10.9 Å². The average Bonchev–Trinajstić information content (AvgIpc) is 2.70. The van der Waals surface area contributed by atoms with Crippen LogP contribution < -0.4 is 5.32 Å². The second kappa shape index (κ2) is 5.04. The van der Waals surface area contributed by atoms with Crippen molar-refractivity contribution in [3.63, 3.8) is 0 Å². The van der Waals surface area contributed by atoms with Gasteiger partial charge in [0.15, 0.2) is 5.01 Å². The highest BCUT2D eigenvalue weighted by Gasteiger charge is 2.13. The minimum Gasteiger partial charge on any atom is -0.317 e. The lowest BCUT2D eigenvalue weighted by atomic mass is 10.3. The quantitative estimate of drug-likeness (QED) is 0.906. The summed E-state index contributed by atoms with van der Waals surface area (Å²) in [5.41, 5.74) is 1.22. The maximum atomic E-state index is 11.9. The molecule has 0 aliphatic rings. The maximum Gasteiger partial charge on any atom is 0.284 e. The number of carbonyl (C=O) groups is 1. The van der Waals surface area contributed by atoms with E-state index in [-0.39, 0.29) is 5.91 Å². The third-order valence-corrected chi connectivity index (χ3v) is 3.60. The highest BCUT2D eigenvalue weighted by molar-refractivity contribution is 7.11. The summed E-state index contributed by atoms with van der Waals surface area (Å²) in [5.74, 6) is -0.307. The van der Waals surface area contributed by atoms with Crippen LogP contribution in [0.2, 0.25) is 10.0 Å². The van der Waals surface area contributed by atoms with E-state index in [2.05, 4.69) is 10.3 Å². The molecule has 0 saturated carbocycles. The topological polar surface area (TPSA) is 42.0 Å². The van der Waals surface area contributed by atoms with E-state index in [1.165, 1.54) is 11.3 Å². The Morgan fingerprint density at radius 3 is 2.53 bits per heavy atom. The van der Waals surface area contributed by atoms with E-state index < -0.39 is 0 Å². The minimum atomic E-state index is -0.307. The Morgan fingerprint density at radius 2 is 2.00 bits per heavy atom. The molecule has 0 spiro atoms. The normalized spacial score (nSPS) is 10.3. The highest BCUT2D eigenvalue weighted by Crippen LogP contribution is 2.30. The molecule has 0 saturated heterocycles. The lowest BCUT2D eigenvalue weighted by Gasteiger charge is -2.07. The van der Waals surface area contributed by atoms with E-state index in [1.807, 2.05) is 12.3 Å². The number of thiazole rings is 1. The zero-order chi connectivity index (χ0) is 12.4. The molecule has 6 heteroatoms. The first-order valence-corrected chi connectivity index (χ1v) is 6.39. The fraction of sp³-hybridized carbons (Fsp3) is 0.0909. The molecule has 1 amide bonds. The van der Waals surface area contributed by atoms with Crippen LogP contribution in [0.3, 0.4) is 0 Å². The number of nitrogens with zero attached hydrogens (tertiary/aromatic N) is 1. The first kappa shape index (κ1) is 12.4. The predicted octanol–water partition coefficient (Wildman–Crippen LogP) is 4.01. The van der Waals surface area contributed by atoms with Gasteiger partial charge in [-0.15, -0.1) is 11.3 Å². The molecule has 0 aliphatic heterocycles. The highest BCUT2D eigenvalue weighted by atomic mass is 35.5.